The lowest BCUT2D eigenvalue weighted by Gasteiger charge is -2.32. The normalized spacial score (nSPS) is 15.7. The number of aryl methyl sites for hydroxylation is 2. The van der Waals surface area contributed by atoms with E-state index in [0.717, 1.165) is 37.2 Å². The van der Waals surface area contributed by atoms with Gasteiger partial charge in [-0.15, -0.1) is 0 Å². The molecule has 0 unspecified atom stereocenters. The summed E-state index contributed by atoms with van der Waals surface area (Å²) in [5.41, 5.74) is -8.30. The third-order valence-corrected chi connectivity index (χ3v) is 9.70. The molecule has 4 aromatic heterocycles. The van der Waals surface area contributed by atoms with E-state index in [9.17, 15) is 79.4 Å². The number of aromatic carboxylic acids is 1. The number of carboxylic acids is 1. The van der Waals surface area contributed by atoms with Crippen LogP contribution in [0.4, 0.5) is 74.6 Å². The largest absolute Gasteiger partial charge is 0.498 e. The summed E-state index contributed by atoms with van der Waals surface area (Å²) in [6.45, 7) is -0.429. The quantitative estimate of drug-likeness (QED) is 0.101. The molecule has 0 amide bonds. The number of halogens is 17. The summed E-state index contributed by atoms with van der Waals surface area (Å²) in [7, 11) is 0.869. The number of rotatable bonds is 11. The maximum atomic E-state index is 13.9. The van der Waals surface area contributed by atoms with Gasteiger partial charge in [0.05, 0.1) is 28.5 Å². The molecule has 0 radical (unpaired) electrons. The molecule has 362 valence electrons. The SMILES string of the molecule is Cn1nc(C(F)(F)C(F)(F)F)c(OC(F)F)c1-n1cc(-c2ccc(C(F)(F)F)c(C(=O)O)c2)cn1.Cn1nc(C(F)(F)C(F)(F)F)c(OC(F)F)c1-n1cc(B2OC(C)(C)C(C)(C)O2)cn1. The summed E-state index contributed by atoms with van der Waals surface area (Å²) in [6, 6.07) is 1.92. The molecule has 1 fully saturated rings. The fourth-order valence-electron chi connectivity index (χ4n) is 5.86. The topological polar surface area (TPSA) is 146 Å². The van der Waals surface area contributed by atoms with Gasteiger partial charge in [-0.2, -0.15) is 95.0 Å². The first-order valence-electron chi connectivity index (χ1n) is 17.8. The van der Waals surface area contributed by atoms with E-state index >= 15 is 0 Å². The predicted molar refractivity (Wildman–Crippen MR) is 187 cm³/mol. The molecule has 1 aromatic carbocycles. The van der Waals surface area contributed by atoms with Gasteiger partial charge in [-0.05, 0) is 45.4 Å². The highest BCUT2D eigenvalue weighted by Gasteiger charge is 2.64. The zero-order valence-corrected chi connectivity index (χ0v) is 33.8. The minimum Gasteiger partial charge on any atom is -0.478 e. The molecule has 0 bridgehead atoms. The molecule has 6 rings (SSSR count). The van der Waals surface area contributed by atoms with Crippen LogP contribution < -0.4 is 14.9 Å². The lowest BCUT2D eigenvalue weighted by atomic mass is 9.82. The summed E-state index contributed by atoms with van der Waals surface area (Å²) in [5, 5.41) is 22.6. The number of benzene rings is 1. The predicted octanol–water partition coefficient (Wildman–Crippen LogP) is 8.41. The average Bonchev–Trinajstić information content (AvgIpc) is 3.98. The number of alkyl halides is 17. The first kappa shape index (κ1) is 50.9. The fourth-order valence-corrected chi connectivity index (χ4v) is 5.86. The Bertz CT molecular complexity index is 2560. The third kappa shape index (κ3) is 9.59. The van der Waals surface area contributed by atoms with Gasteiger partial charge in [0.2, 0.25) is 0 Å². The number of hydrogen-bond donors (Lipinski definition) is 1. The molecule has 32 heteroatoms. The van der Waals surface area contributed by atoms with Crippen molar-refractivity contribution in [1.29, 1.82) is 0 Å². The van der Waals surface area contributed by atoms with Crippen LogP contribution in [0.15, 0.2) is 43.0 Å². The van der Waals surface area contributed by atoms with Crippen molar-refractivity contribution >= 4 is 18.6 Å². The highest BCUT2D eigenvalue weighted by Crippen LogP contribution is 2.50. The average molecular weight is 978 g/mol. The molecule has 0 atom stereocenters. The molecular formula is C34H28BF17N8O6. The van der Waals surface area contributed by atoms with Gasteiger partial charge in [0.15, 0.2) is 34.5 Å². The molecule has 1 aliphatic heterocycles. The Morgan fingerprint density at radius 2 is 1.11 bits per heavy atom. The van der Waals surface area contributed by atoms with Gasteiger partial charge in [0.25, 0.3) is 0 Å². The minimum atomic E-state index is -6.22. The highest BCUT2D eigenvalue weighted by atomic mass is 19.4. The second-order valence-corrected chi connectivity index (χ2v) is 14.7. The number of carbonyl (C=O) groups is 1. The number of hydrogen-bond acceptors (Lipinski definition) is 9. The van der Waals surface area contributed by atoms with Crippen molar-refractivity contribution < 1.29 is 103 Å². The fraction of sp³-hybridized carbons (Fsp3) is 0.441. The van der Waals surface area contributed by atoms with Crippen molar-refractivity contribution in [2.24, 2.45) is 14.1 Å². The molecule has 1 N–H and O–H groups in total. The van der Waals surface area contributed by atoms with Gasteiger partial charge in [0, 0.05) is 43.7 Å². The lowest BCUT2D eigenvalue weighted by Crippen LogP contribution is -2.41. The molecule has 0 aliphatic carbocycles. The molecule has 5 heterocycles. The van der Waals surface area contributed by atoms with Crippen LogP contribution in [0.1, 0.15) is 55.0 Å². The summed E-state index contributed by atoms with van der Waals surface area (Å²) in [5.74, 6) is -17.9. The van der Waals surface area contributed by atoms with Crippen LogP contribution in [0, 0.1) is 0 Å². The Labute approximate surface area is 357 Å². The van der Waals surface area contributed by atoms with Crippen molar-refractivity contribution in [2.45, 2.75) is 82.5 Å². The Morgan fingerprint density at radius 1 is 0.682 bits per heavy atom. The molecule has 0 spiro atoms. The van der Waals surface area contributed by atoms with Crippen molar-refractivity contribution in [3.05, 3.63) is 65.5 Å². The summed E-state index contributed by atoms with van der Waals surface area (Å²) in [6.07, 6.45) is -13.2. The van der Waals surface area contributed by atoms with Crippen LogP contribution in [-0.2, 0) is 41.4 Å². The number of ether oxygens (including phenoxy) is 2. The van der Waals surface area contributed by atoms with Gasteiger partial charge >= 0.3 is 56.7 Å². The van der Waals surface area contributed by atoms with E-state index in [0.29, 0.717) is 26.2 Å². The van der Waals surface area contributed by atoms with Crippen molar-refractivity contribution in [1.82, 2.24) is 39.1 Å². The van der Waals surface area contributed by atoms with Crippen molar-refractivity contribution in [3.63, 3.8) is 0 Å². The number of nitrogens with zero attached hydrogens (tertiary/aromatic N) is 8. The zero-order valence-electron chi connectivity index (χ0n) is 33.8. The van der Waals surface area contributed by atoms with Crippen LogP contribution in [-0.4, -0.2) is 94.1 Å². The monoisotopic (exact) mass is 978 g/mol. The standard InChI is InChI=1S/C18H10F10N4O3.C16H18BF7N4O3/c1-31-13(11(35-15(19)20)12(30-31)16(21,22)18(26,27)28)32-6-8(5-29-32)7-2-3-10(17(23,24)25)9(4-7)14(33)34;1-13(2)14(3,4)31-17(30-13)8-6-25-28(7-8)11-9(29-12(18)19)10(26-27(11)5)15(20,21)16(22,23)24/h2-6,15H,1H3,(H,33,34);6-7,12H,1-5H3. The van der Waals surface area contributed by atoms with E-state index in [1.807, 2.05) is 0 Å². The number of carboxylic acid groups (broad SMARTS) is 1. The van der Waals surface area contributed by atoms with Crippen LogP contribution in [0.3, 0.4) is 0 Å². The zero-order chi connectivity index (χ0) is 50.1. The van der Waals surface area contributed by atoms with Crippen molar-refractivity contribution in [2.75, 3.05) is 0 Å². The van der Waals surface area contributed by atoms with E-state index in [-0.39, 0.29) is 16.6 Å². The summed E-state index contributed by atoms with van der Waals surface area (Å²) in [4.78, 5) is 11.3. The van der Waals surface area contributed by atoms with Crippen molar-refractivity contribution in [3.8, 4) is 34.3 Å². The van der Waals surface area contributed by atoms with Crippen LogP contribution in [0.25, 0.3) is 22.8 Å². The highest BCUT2D eigenvalue weighted by molar-refractivity contribution is 6.62. The van der Waals surface area contributed by atoms with E-state index in [1.54, 1.807) is 27.7 Å². The maximum absolute atomic E-state index is 13.9. The maximum Gasteiger partial charge on any atom is 0.498 e. The Hall–Kier alpha value is -6.08. The smallest absolute Gasteiger partial charge is 0.478 e. The Morgan fingerprint density at radius 3 is 1.50 bits per heavy atom. The molecule has 0 saturated carbocycles. The van der Waals surface area contributed by atoms with E-state index in [1.165, 1.54) is 12.4 Å². The molecule has 66 heavy (non-hydrogen) atoms. The number of aromatic nitrogens is 8. The second-order valence-electron chi connectivity index (χ2n) is 14.7. The third-order valence-electron chi connectivity index (χ3n) is 9.70. The van der Waals surface area contributed by atoms with E-state index < -0.39 is 114 Å². The summed E-state index contributed by atoms with van der Waals surface area (Å²) < 4.78 is 245. The molecular weight excluding hydrogens is 950 g/mol. The first-order chi connectivity index (χ1) is 29.9. The molecule has 1 aliphatic rings. The van der Waals surface area contributed by atoms with Gasteiger partial charge in [0.1, 0.15) is 0 Å². The Balaban J connectivity index is 0.000000249. The van der Waals surface area contributed by atoms with E-state index in [2.05, 4.69) is 29.9 Å². The molecule has 5 aromatic rings. The van der Waals surface area contributed by atoms with Gasteiger partial charge < -0.3 is 23.9 Å². The second kappa shape index (κ2) is 17.0. The Kier molecular flexibility index (Phi) is 13.1. The van der Waals surface area contributed by atoms with Crippen LogP contribution in [0.5, 0.6) is 11.5 Å². The van der Waals surface area contributed by atoms with Gasteiger partial charge in [-0.25, -0.2) is 23.5 Å². The van der Waals surface area contributed by atoms with Crippen LogP contribution in [0.2, 0.25) is 0 Å². The van der Waals surface area contributed by atoms with Gasteiger partial charge in [-0.1, -0.05) is 6.07 Å². The van der Waals surface area contributed by atoms with E-state index in [4.69, 9.17) is 14.4 Å². The lowest BCUT2D eigenvalue weighted by molar-refractivity contribution is -0.291. The summed E-state index contributed by atoms with van der Waals surface area (Å²) >= 11 is 0. The molecule has 1 saturated heterocycles. The van der Waals surface area contributed by atoms with Gasteiger partial charge in [-0.3, -0.25) is 0 Å². The first-order valence-corrected chi connectivity index (χ1v) is 17.8. The molecule has 14 nitrogen and oxygen atoms in total. The van der Waals surface area contributed by atoms with Crippen LogP contribution >= 0.6 is 0 Å². The minimum absolute atomic E-state index is 0.144.